The van der Waals surface area contributed by atoms with Crippen LogP contribution in [0.3, 0.4) is 0 Å². The van der Waals surface area contributed by atoms with Crippen molar-refractivity contribution in [1.82, 2.24) is 0 Å². The Morgan fingerprint density at radius 1 is 0.685 bits per heavy atom. The largest absolute Gasteiger partial charge is 0.311 e. The Balaban J connectivity index is 1.24. The van der Waals surface area contributed by atoms with Crippen molar-refractivity contribution in [3.63, 3.8) is 0 Å². The maximum absolute atomic E-state index is 13.2. The molecule has 0 bridgehead atoms. The zero-order chi connectivity index (χ0) is 38.1. The van der Waals surface area contributed by atoms with E-state index in [1.165, 1.54) is 50.1 Å². The van der Waals surface area contributed by atoms with E-state index in [0.717, 1.165) is 46.1 Å². The van der Waals surface area contributed by atoms with Crippen LogP contribution in [0, 0.1) is 41.5 Å². The quantitative estimate of drug-likeness (QED) is 0.0854. The lowest BCUT2D eigenvalue weighted by molar-refractivity contribution is 0.102. The fourth-order valence-electron chi connectivity index (χ4n) is 8.09. The molecule has 7 rings (SSSR count). The van der Waals surface area contributed by atoms with E-state index in [-0.39, 0.29) is 5.78 Å². The van der Waals surface area contributed by atoms with E-state index in [1.807, 2.05) is 6.08 Å². The van der Waals surface area contributed by atoms with Crippen LogP contribution in [-0.2, 0) is 0 Å². The Bertz CT molecular complexity index is 2510. The van der Waals surface area contributed by atoms with Crippen LogP contribution in [0.15, 0.2) is 139 Å². The standard InChI is InChI=1S/C51H47NO2/c1-32-24-36(5)50(37(6)25-32)41-16-21-46(22-17-41)52(45-19-14-40(15-20-45)49-28-34(3)33(2)26-35(49)4)47-23-18-42-29-39(12-13-43(42)30-47)27-38(7)51(54)48-11-9-8-10-44(48)31-53/h8-16,18-31,41H,17H2,1-7H3/b38-27+. The number of hydrogen-bond acceptors (Lipinski definition) is 3. The summed E-state index contributed by atoms with van der Waals surface area (Å²) in [5.41, 5.74) is 17.5. The molecule has 6 aromatic carbocycles. The van der Waals surface area contributed by atoms with Crippen LogP contribution in [0.4, 0.5) is 11.4 Å². The molecule has 0 heterocycles. The van der Waals surface area contributed by atoms with Gasteiger partial charge >= 0.3 is 0 Å². The SMILES string of the molecule is C/C(=C\c1ccc2cc(N(C3=CCC(c4c(C)cc(C)cc4C)C=C3)c3ccc(-c4cc(C)c(C)cc4C)cc3)ccc2c1)C(=O)c1ccccc1C=O. The van der Waals surface area contributed by atoms with Crippen molar-refractivity contribution in [3.8, 4) is 11.1 Å². The molecule has 1 unspecified atom stereocenters. The summed E-state index contributed by atoms with van der Waals surface area (Å²) in [5, 5.41) is 2.19. The zero-order valence-corrected chi connectivity index (χ0v) is 32.3. The van der Waals surface area contributed by atoms with Gasteiger partial charge in [-0.15, -0.1) is 0 Å². The lowest BCUT2D eigenvalue weighted by Crippen LogP contribution is -2.17. The average molecular weight is 706 g/mol. The average Bonchev–Trinajstić information content (AvgIpc) is 3.16. The number of anilines is 2. The maximum Gasteiger partial charge on any atom is 0.189 e. The van der Waals surface area contributed by atoms with Gasteiger partial charge in [0.2, 0.25) is 0 Å². The minimum atomic E-state index is -0.147. The minimum absolute atomic E-state index is 0.147. The van der Waals surface area contributed by atoms with Crippen LogP contribution < -0.4 is 4.90 Å². The van der Waals surface area contributed by atoms with Crippen molar-refractivity contribution in [2.75, 3.05) is 4.90 Å². The van der Waals surface area contributed by atoms with Gasteiger partial charge in [-0.3, -0.25) is 9.59 Å². The summed E-state index contributed by atoms with van der Waals surface area (Å²) in [4.78, 5) is 27.2. The van der Waals surface area contributed by atoms with E-state index in [9.17, 15) is 9.59 Å². The number of nitrogens with zero attached hydrogens (tertiary/aromatic N) is 1. The highest BCUT2D eigenvalue weighted by Crippen LogP contribution is 2.39. The predicted molar refractivity (Wildman–Crippen MR) is 227 cm³/mol. The third kappa shape index (κ3) is 7.27. The van der Waals surface area contributed by atoms with Crippen molar-refractivity contribution in [3.05, 3.63) is 194 Å². The molecular formula is C51H47NO2. The Labute approximate surface area is 320 Å². The highest BCUT2D eigenvalue weighted by molar-refractivity contribution is 6.14. The third-order valence-corrected chi connectivity index (χ3v) is 10.9. The van der Waals surface area contributed by atoms with Gasteiger partial charge in [-0.1, -0.05) is 96.6 Å². The Morgan fingerprint density at radius 2 is 1.35 bits per heavy atom. The van der Waals surface area contributed by atoms with E-state index >= 15 is 0 Å². The molecule has 0 spiro atoms. The second-order valence-electron chi connectivity index (χ2n) is 14.9. The van der Waals surface area contributed by atoms with Gasteiger partial charge in [-0.25, -0.2) is 0 Å². The van der Waals surface area contributed by atoms with E-state index in [1.54, 1.807) is 31.2 Å². The van der Waals surface area contributed by atoms with Crippen LogP contribution >= 0.6 is 0 Å². The molecule has 0 N–H and O–H groups in total. The summed E-state index contributed by atoms with van der Waals surface area (Å²) in [5.74, 6) is 0.183. The number of benzene rings is 6. The molecule has 1 aliphatic rings. The first-order chi connectivity index (χ1) is 26.0. The van der Waals surface area contributed by atoms with Gasteiger partial charge in [0, 0.05) is 34.1 Å². The van der Waals surface area contributed by atoms with Crippen molar-refractivity contribution < 1.29 is 9.59 Å². The number of hydrogen-bond donors (Lipinski definition) is 0. The lowest BCUT2D eigenvalue weighted by atomic mass is 9.85. The Kier molecular flexibility index (Phi) is 10.2. The first-order valence-electron chi connectivity index (χ1n) is 18.8. The van der Waals surface area contributed by atoms with Crippen molar-refractivity contribution in [1.29, 1.82) is 0 Å². The second-order valence-corrected chi connectivity index (χ2v) is 14.9. The number of aldehydes is 1. The fraction of sp³-hybridized carbons (Fsp3) is 0.176. The molecule has 0 saturated heterocycles. The summed E-state index contributed by atoms with van der Waals surface area (Å²) < 4.78 is 0. The van der Waals surface area contributed by atoms with Crippen LogP contribution in [-0.4, -0.2) is 12.1 Å². The molecule has 1 aliphatic carbocycles. The molecular weight excluding hydrogens is 659 g/mol. The predicted octanol–water partition coefficient (Wildman–Crippen LogP) is 13.2. The van der Waals surface area contributed by atoms with Gasteiger partial charge in [-0.05, 0) is 164 Å². The summed E-state index contributed by atoms with van der Waals surface area (Å²) in [6.45, 7) is 15.0. The lowest BCUT2D eigenvalue weighted by Gasteiger charge is -2.30. The molecule has 0 aliphatic heterocycles. The van der Waals surface area contributed by atoms with Gasteiger partial charge in [0.25, 0.3) is 0 Å². The molecule has 6 aromatic rings. The van der Waals surface area contributed by atoms with Gasteiger partial charge in [0.15, 0.2) is 12.1 Å². The molecule has 268 valence electrons. The zero-order valence-electron chi connectivity index (χ0n) is 32.3. The number of aryl methyl sites for hydroxylation is 6. The molecule has 1 atom stereocenters. The van der Waals surface area contributed by atoms with Crippen molar-refractivity contribution in [2.24, 2.45) is 0 Å². The fourth-order valence-corrected chi connectivity index (χ4v) is 8.09. The molecule has 0 aromatic heterocycles. The summed E-state index contributed by atoms with van der Waals surface area (Å²) >= 11 is 0. The summed E-state index contributed by atoms with van der Waals surface area (Å²) in [6, 6.07) is 37.9. The molecule has 54 heavy (non-hydrogen) atoms. The number of ketones is 1. The van der Waals surface area contributed by atoms with Gasteiger partial charge in [-0.2, -0.15) is 0 Å². The smallest absolute Gasteiger partial charge is 0.189 e. The van der Waals surface area contributed by atoms with Gasteiger partial charge in [0.1, 0.15) is 0 Å². The molecule has 0 amide bonds. The number of fused-ring (bicyclic) bond motifs is 1. The van der Waals surface area contributed by atoms with Crippen molar-refractivity contribution in [2.45, 2.75) is 60.8 Å². The third-order valence-electron chi connectivity index (χ3n) is 10.9. The number of rotatable bonds is 9. The van der Waals surface area contributed by atoms with Crippen LogP contribution in [0.25, 0.3) is 28.0 Å². The monoisotopic (exact) mass is 705 g/mol. The number of carbonyl (C=O) groups excluding carboxylic acids is 2. The van der Waals surface area contributed by atoms with Crippen LogP contribution in [0.1, 0.15) is 84.5 Å². The first kappa shape index (κ1) is 36.3. The Morgan fingerprint density at radius 3 is 2.06 bits per heavy atom. The molecule has 3 nitrogen and oxygen atoms in total. The highest BCUT2D eigenvalue weighted by Gasteiger charge is 2.21. The maximum atomic E-state index is 13.2. The van der Waals surface area contributed by atoms with Crippen LogP contribution in [0.5, 0.6) is 0 Å². The van der Waals surface area contributed by atoms with E-state index in [0.29, 0.717) is 22.6 Å². The van der Waals surface area contributed by atoms with Gasteiger partial charge in [0.05, 0.1) is 0 Å². The van der Waals surface area contributed by atoms with Gasteiger partial charge < -0.3 is 4.90 Å². The topological polar surface area (TPSA) is 37.4 Å². The first-order valence-corrected chi connectivity index (χ1v) is 18.8. The van der Waals surface area contributed by atoms with Crippen molar-refractivity contribution >= 4 is 40.3 Å². The Hall–Kier alpha value is -6.06. The van der Waals surface area contributed by atoms with E-state index in [4.69, 9.17) is 0 Å². The van der Waals surface area contributed by atoms with E-state index < -0.39 is 0 Å². The normalized spacial score (nSPS) is 14.2. The molecule has 0 fully saturated rings. The highest BCUT2D eigenvalue weighted by atomic mass is 16.1. The second kappa shape index (κ2) is 15.1. The van der Waals surface area contributed by atoms with Crippen LogP contribution in [0.2, 0.25) is 0 Å². The number of Topliss-reactive ketones (excluding diaryl/α,β-unsaturated/α-hetero) is 1. The minimum Gasteiger partial charge on any atom is -0.311 e. The molecule has 0 saturated carbocycles. The number of allylic oxidation sites excluding steroid dienone is 4. The number of carbonyl (C=O) groups is 2. The summed E-state index contributed by atoms with van der Waals surface area (Å²) in [7, 11) is 0. The molecule has 0 radical (unpaired) electrons. The summed E-state index contributed by atoms with van der Waals surface area (Å²) in [6.07, 6.45) is 10.6. The molecule has 3 heteroatoms. The van der Waals surface area contributed by atoms with E-state index in [2.05, 4.69) is 150 Å².